The second-order valence-corrected chi connectivity index (χ2v) is 22.1. The van der Waals surface area contributed by atoms with Gasteiger partial charge in [-0.3, -0.25) is 14.4 Å². The van der Waals surface area contributed by atoms with Crippen molar-refractivity contribution >= 4 is 17.9 Å². The van der Waals surface area contributed by atoms with Gasteiger partial charge in [0.2, 0.25) is 0 Å². The van der Waals surface area contributed by atoms with Gasteiger partial charge in [0, 0.05) is 19.3 Å². The van der Waals surface area contributed by atoms with Crippen LogP contribution in [0.4, 0.5) is 0 Å². The summed E-state index contributed by atoms with van der Waals surface area (Å²) in [5.41, 5.74) is 0. The summed E-state index contributed by atoms with van der Waals surface area (Å²) in [5.74, 6) is -0.838. The highest BCUT2D eigenvalue weighted by Gasteiger charge is 2.19. The highest BCUT2D eigenvalue weighted by Crippen LogP contribution is 2.19. The maximum atomic E-state index is 12.8. The molecule has 0 aliphatic rings. The van der Waals surface area contributed by atoms with Crippen LogP contribution in [0.3, 0.4) is 0 Å². The Bertz CT molecular complexity index is 1040. The molecule has 0 bridgehead atoms. The van der Waals surface area contributed by atoms with Crippen molar-refractivity contribution in [2.45, 2.75) is 380 Å². The molecule has 6 nitrogen and oxygen atoms in total. The molecule has 0 aliphatic heterocycles. The minimum atomic E-state index is -0.760. The van der Waals surface area contributed by atoms with E-state index in [0.717, 1.165) is 57.8 Å². The van der Waals surface area contributed by atoms with Crippen molar-refractivity contribution in [2.24, 2.45) is 0 Å². The molecule has 0 aromatic carbocycles. The minimum absolute atomic E-state index is 0.0616. The molecular formula is C64H124O6. The van der Waals surface area contributed by atoms with Gasteiger partial charge < -0.3 is 14.2 Å². The van der Waals surface area contributed by atoms with Gasteiger partial charge in [0.05, 0.1) is 0 Å². The lowest BCUT2D eigenvalue weighted by molar-refractivity contribution is -0.167. The van der Waals surface area contributed by atoms with Gasteiger partial charge in [-0.25, -0.2) is 0 Å². The van der Waals surface area contributed by atoms with Gasteiger partial charge in [0.1, 0.15) is 13.2 Å². The minimum Gasteiger partial charge on any atom is -0.462 e. The van der Waals surface area contributed by atoms with Gasteiger partial charge in [-0.15, -0.1) is 0 Å². The molecule has 0 saturated carbocycles. The second kappa shape index (κ2) is 60.0. The van der Waals surface area contributed by atoms with Crippen LogP contribution in [-0.2, 0) is 28.6 Å². The van der Waals surface area contributed by atoms with E-state index in [4.69, 9.17) is 14.2 Å². The van der Waals surface area contributed by atoms with Crippen LogP contribution in [0.15, 0.2) is 0 Å². The van der Waals surface area contributed by atoms with Gasteiger partial charge in [-0.05, 0) is 19.3 Å². The van der Waals surface area contributed by atoms with Crippen molar-refractivity contribution in [3.05, 3.63) is 0 Å². The zero-order valence-corrected chi connectivity index (χ0v) is 47.8. The molecular weight excluding hydrogens is 865 g/mol. The number of hydrogen-bond donors (Lipinski definition) is 0. The van der Waals surface area contributed by atoms with Gasteiger partial charge in [-0.2, -0.15) is 0 Å². The average Bonchev–Trinajstić information content (AvgIpc) is 3.36. The summed E-state index contributed by atoms with van der Waals surface area (Å²) in [4.78, 5) is 38.0. The Morgan fingerprint density at radius 3 is 0.571 bits per heavy atom. The molecule has 1 unspecified atom stereocenters. The average molecular weight is 990 g/mol. The lowest BCUT2D eigenvalue weighted by atomic mass is 10.0. The van der Waals surface area contributed by atoms with Crippen LogP contribution in [0.2, 0.25) is 0 Å². The fourth-order valence-electron chi connectivity index (χ4n) is 10.0. The van der Waals surface area contributed by atoms with Crippen LogP contribution >= 0.6 is 0 Å². The van der Waals surface area contributed by atoms with Gasteiger partial charge in [0.15, 0.2) is 6.10 Å². The smallest absolute Gasteiger partial charge is 0.306 e. The van der Waals surface area contributed by atoms with Crippen molar-refractivity contribution < 1.29 is 28.6 Å². The molecule has 6 heteroatoms. The molecule has 0 heterocycles. The predicted molar refractivity (Wildman–Crippen MR) is 303 cm³/mol. The summed E-state index contributed by atoms with van der Waals surface area (Å²) >= 11 is 0. The maximum absolute atomic E-state index is 12.8. The number of unbranched alkanes of at least 4 members (excludes halogenated alkanes) is 49. The quantitative estimate of drug-likeness (QED) is 0.0343. The van der Waals surface area contributed by atoms with E-state index in [1.54, 1.807) is 0 Å². The first-order valence-electron chi connectivity index (χ1n) is 32.0. The first-order chi connectivity index (χ1) is 34.5. The summed E-state index contributed by atoms with van der Waals surface area (Å²) in [7, 11) is 0. The topological polar surface area (TPSA) is 78.9 Å². The first kappa shape index (κ1) is 68.4. The van der Waals surface area contributed by atoms with E-state index in [0.29, 0.717) is 19.3 Å². The second-order valence-electron chi connectivity index (χ2n) is 22.1. The van der Waals surface area contributed by atoms with E-state index in [9.17, 15) is 14.4 Å². The Morgan fingerprint density at radius 1 is 0.229 bits per heavy atom. The molecule has 0 N–H and O–H groups in total. The van der Waals surface area contributed by atoms with Crippen molar-refractivity contribution in [1.82, 2.24) is 0 Å². The van der Waals surface area contributed by atoms with E-state index in [2.05, 4.69) is 20.8 Å². The summed E-state index contributed by atoms with van der Waals surface area (Å²) in [6, 6.07) is 0. The van der Waals surface area contributed by atoms with Crippen molar-refractivity contribution in [3.8, 4) is 0 Å². The third kappa shape index (κ3) is 57.3. The van der Waals surface area contributed by atoms with Gasteiger partial charge >= 0.3 is 17.9 Å². The molecule has 0 radical (unpaired) electrons. The third-order valence-electron chi connectivity index (χ3n) is 14.9. The monoisotopic (exact) mass is 989 g/mol. The molecule has 416 valence electrons. The molecule has 0 spiro atoms. The fourth-order valence-corrected chi connectivity index (χ4v) is 10.0. The summed E-state index contributed by atoms with van der Waals surface area (Å²) in [5, 5.41) is 0. The lowest BCUT2D eigenvalue weighted by Gasteiger charge is -2.18. The van der Waals surface area contributed by atoms with Crippen LogP contribution < -0.4 is 0 Å². The zero-order chi connectivity index (χ0) is 50.7. The largest absolute Gasteiger partial charge is 0.462 e. The zero-order valence-electron chi connectivity index (χ0n) is 47.8. The van der Waals surface area contributed by atoms with E-state index in [-0.39, 0.29) is 31.1 Å². The van der Waals surface area contributed by atoms with E-state index >= 15 is 0 Å². The molecule has 0 aromatic rings. The van der Waals surface area contributed by atoms with Crippen molar-refractivity contribution in [2.75, 3.05) is 13.2 Å². The maximum Gasteiger partial charge on any atom is 0.306 e. The lowest BCUT2D eigenvalue weighted by Crippen LogP contribution is -2.30. The number of carbonyl (C=O) groups is 3. The Morgan fingerprint density at radius 2 is 0.386 bits per heavy atom. The molecule has 1 atom stereocenters. The van der Waals surface area contributed by atoms with E-state index in [1.165, 1.54) is 276 Å². The Balaban J connectivity index is 3.97. The molecule has 70 heavy (non-hydrogen) atoms. The Kier molecular flexibility index (Phi) is 58.6. The standard InChI is InChI=1S/C64H124O6/c1-4-7-10-13-16-19-21-23-25-26-27-28-29-30-31-32-33-34-35-36-37-38-39-40-42-43-45-48-51-54-57-63(66)69-60-61(59-68-62(65)56-53-50-47-18-15-12-9-6-3)70-64(67)58-55-52-49-46-44-41-24-22-20-17-14-11-8-5-2/h61H,4-60H2,1-3H3. The molecule has 0 saturated heterocycles. The van der Waals surface area contributed by atoms with Gasteiger partial charge in [0.25, 0.3) is 0 Å². The summed E-state index contributed by atoms with van der Waals surface area (Å²) in [6.07, 6.45) is 68.6. The predicted octanol–water partition coefficient (Wildman–Crippen LogP) is 21.5. The van der Waals surface area contributed by atoms with Crippen LogP contribution in [0.5, 0.6) is 0 Å². The summed E-state index contributed by atoms with van der Waals surface area (Å²) in [6.45, 7) is 6.68. The van der Waals surface area contributed by atoms with Crippen LogP contribution in [0, 0.1) is 0 Å². The third-order valence-corrected chi connectivity index (χ3v) is 14.9. The van der Waals surface area contributed by atoms with Crippen molar-refractivity contribution in [3.63, 3.8) is 0 Å². The molecule has 0 rings (SSSR count). The summed E-state index contributed by atoms with van der Waals surface area (Å²) < 4.78 is 16.8. The normalized spacial score (nSPS) is 11.9. The van der Waals surface area contributed by atoms with Gasteiger partial charge in [-0.1, -0.05) is 335 Å². The number of esters is 3. The first-order valence-corrected chi connectivity index (χ1v) is 32.0. The number of ether oxygens (including phenoxy) is 3. The molecule has 0 aromatic heterocycles. The highest BCUT2D eigenvalue weighted by atomic mass is 16.6. The fraction of sp³-hybridized carbons (Fsp3) is 0.953. The Hall–Kier alpha value is -1.59. The SMILES string of the molecule is CCCCCCCCCCCCCCCCCCCCCCCCCCCCCCCCC(=O)OCC(COC(=O)CCCCCCCCCC)OC(=O)CCCCCCCCCCCCCCCC. The van der Waals surface area contributed by atoms with Crippen LogP contribution in [0.25, 0.3) is 0 Å². The molecule has 0 amide bonds. The van der Waals surface area contributed by atoms with Crippen LogP contribution in [-0.4, -0.2) is 37.2 Å². The van der Waals surface area contributed by atoms with Crippen LogP contribution in [0.1, 0.15) is 374 Å². The molecule has 0 aliphatic carbocycles. The highest BCUT2D eigenvalue weighted by molar-refractivity contribution is 5.71. The molecule has 0 fully saturated rings. The number of carbonyl (C=O) groups excluding carboxylic acids is 3. The number of rotatable bonds is 60. The van der Waals surface area contributed by atoms with E-state index < -0.39 is 6.10 Å². The van der Waals surface area contributed by atoms with Crippen molar-refractivity contribution in [1.29, 1.82) is 0 Å². The van der Waals surface area contributed by atoms with E-state index in [1.807, 2.05) is 0 Å². The number of hydrogen-bond acceptors (Lipinski definition) is 6. The Labute approximate surface area is 438 Å².